The number of hydrogen-bond donors (Lipinski definition) is 0. The molecule has 0 aliphatic carbocycles. The number of rotatable bonds is 5. The molecule has 0 N–H and O–H groups in total. The molecule has 1 aromatic heterocycles. The fourth-order valence-corrected chi connectivity index (χ4v) is 7.22. The summed E-state index contributed by atoms with van der Waals surface area (Å²) >= 11 is 0. The molecule has 9 rings (SSSR count). The summed E-state index contributed by atoms with van der Waals surface area (Å²) in [5, 5.41) is 7.49. The highest BCUT2D eigenvalue weighted by molar-refractivity contribution is 6.22. The van der Waals surface area contributed by atoms with Gasteiger partial charge in [-0.25, -0.2) is 4.98 Å². The molecule has 48 heavy (non-hydrogen) atoms. The van der Waals surface area contributed by atoms with Crippen molar-refractivity contribution < 1.29 is 0 Å². The van der Waals surface area contributed by atoms with Gasteiger partial charge in [-0.05, 0) is 83.9 Å². The summed E-state index contributed by atoms with van der Waals surface area (Å²) in [5.41, 5.74) is 11.6. The third-order valence-corrected chi connectivity index (χ3v) is 9.48. The second-order valence-electron chi connectivity index (χ2n) is 12.3. The van der Waals surface area contributed by atoms with Gasteiger partial charge in [-0.15, -0.1) is 0 Å². The Morgan fingerprint density at radius 3 is 1.48 bits per heavy atom. The highest BCUT2D eigenvalue weighted by Gasteiger charge is 2.17. The molecule has 0 bridgehead atoms. The lowest BCUT2D eigenvalue weighted by Gasteiger charge is -2.18. The second kappa shape index (κ2) is 11.8. The van der Waals surface area contributed by atoms with Crippen molar-refractivity contribution in [2.45, 2.75) is 0 Å². The predicted molar refractivity (Wildman–Crippen MR) is 204 cm³/mol. The van der Waals surface area contributed by atoms with Crippen LogP contribution < -0.4 is 0 Å². The van der Waals surface area contributed by atoms with Crippen LogP contribution in [0.3, 0.4) is 0 Å². The van der Waals surface area contributed by atoms with E-state index in [0.29, 0.717) is 0 Å². The van der Waals surface area contributed by atoms with Crippen LogP contribution in [0.1, 0.15) is 0 Å². The molecule has 0 spiro atoms. The van der Waals surface area contributed by atoms with E-state index in [4.69, 9.17) is 4.98 Å². The molecule has 0 aliphatic rings. The van der Waals surface area contributed by atoms with Crippen LogP contribution in [0.2, 0.25) is 0 Å². The van der Waals surface area contributed by atoms with Crippen molar-refractivity contribution in [2.24, 2.45) is 0 Å². The van der Waals surface area contributed by atoms with Gasteiger partial charge in [0.15, 0.2) is 0 Å². The van der Waals surface area contributed by atoms with E-state index in [1.807, 2.05) is 0 Å². The zero-order chi connectivity index (χ0) is 31.9. The molecule has 0 unspecified atom stereocenters. The first-order valence-corrected chi connectivity index (χ1v) is 16.5. The molecule has 8 aromatic carbocycles. The Hall–Kier alpha value is -6.31. The Bertz CT molecular complexity index is 2580. The maximum Gasteiger partial charge on any atom is 0.0715 e. The van der Waals surface area contributed by atoms with Crippen molar-refractivity contribution in [2.75, 3.05) is 0 Å². The molecule has 0 saturated carbocycles. The smallest absolute Gasteiger partial charge is 0.0715 e. The largest absolute Gasteiger partial charge is 0.248 e. The standard InChI is InChI=1S/C47H31N/c1-3-14-35(15-4-1)46-40-20-9-10-21-41(40)47(36-16-5-2-6-17-36)43-31-37(29-30-42(43)46)32-25-27-34(28-26-32)44-23-12-24-45(48-44)39-22-11-18-33-13-7-8-19-38(33)39/h1-31H. The van der Waals surface area contributed by atoms with E-state index in [-0.39, 0.29) is 0 Å². The normalized spacial score (nSPS) is 11.3. The fourth-order valence-electron chi connectivity index (χ4n) is 7.22. The molecule has 0 atom stereocenters. The number of benzene rings is 8. The van der Waals surface area contributed by atoms with Crippen LogP contribution >= 0.6 is 0 Å². The fraction of sp³-hybridized carbons (Fsp3) is 0. The van der Waals surface area contributed by atoms with Crippen LogP contribution in [0.15, 0.2) is 188 Å². The lowest BCUT2D eigenvalue weighted by molar-refractivity contribution is 1.33. The minimum atomic E-state index is 0.968. The zero-order valence-corrected chi connectivity index (χ0v) is 26.3. The van der Waals surface area contributed by atoms with Gasteiger partial charge < -0.3 is 0 Å². The first-order chi connectivity index (χ1) is 23.8. The van der Waals surface area contributed by atoms with Gasteiger partial charge in [-0.1, -0.05) is 170 Å². The average Bonchev–Trinajstić information content (AvgIpc) is 3.17. The van der Waals surface area contributed by atoms with Gasteiger partial charge in [-0.3, -0.25) is 0 Å². The monoisotopic (exact) mass is 609 g/mol. The van der Waals surface area contributed by atoms with Gasteiger partial charge in [0.2, 0.25) is 0 Å². The lowest BCUT2D eigenvalue weighted by Crippen LogP contribution is -1.92. The van der Waals surface area contributed by atoms with Gasteiger partial charge in [0, 0.05) is 11.1 Å². The summed E-state index contributed by atoms with van der Waals surface area (Å²) in [6.45, 7) is 0. The summed E-state index contributed by atoms with van der Waals surface area (Å²) in [6.07, 6.45) is 0. The van der Waals surface area contributed by atoms with Gasteiger partial charge in [0.1, 0.15) is 0 Å². The maximum atomic E-state index is 5.12. The molecule has 9 aromatic rings. The summed E-state index contributed by atoms with van der Waals surface area (Å²) in [7, 11) is 0. The third kappa shape index (κ3) is 4.85. The van der Waals surface area contributed by atoms with Gasteiger partial charge in [-0.2, -0.15) is 0 Å². The van der Waals surface area contributed by atoms with Crippen LogP contribution in [0.4, 0.5) is 0 Å². The SMILES string of the molecule is c1ccc(-c2c3ccccc3c(-c3ccccc3)c3cc(-c4ccc(-c5cccc(-c6cccc7ccccc67)n5)cc4)ccc23)cc1. The molecule has 0 fully saturated rings. The number of hydrogen-bond acceptors (Lipinski definition) is 1. The summed E-state index contributed by atoms with van der Waals surface area (Å²) in [6, 6.07) is 67.5. The van der Waals surface area contributed by atoms with Gasteiger partial charge in [0.05, 0.1) is 11.4 Å². The van der Waals surface area contributed by atoms with Crippen molar-refractivity contribution >= 4 is 32.3 Å². The highest BCUT2D eigenvalue weighted by atomic mass is 14.7. The van der Waals surface area contributed by atoms with Crippen molar-refractivity contribution in [1.29, 1.82) is 0 Å². The van der Waals surface area contributed by atoms with Gasteiger partial charge in [0.25, 0.3) is 0 Å². The summed E-state index contributed by atoms with van der Waals surface area (Å²) in [4.78, 5) is 5.12. The number of pyridine rings is 1. The van der Waals surface area contributed by atoms with Crippen molar-refractivity contribution in [3.05, 3.63) is 188 Å². The van der Waals surface area contributed by atoms with E-state index in [2.05, 4.69) is 188 Å². The molecule has 0 aliphatic heterocycles. The first kappa shape index (κ1) is 28.0. The first-order valence-electron chi connectivity index (χ1n) is 16.5. The predicted octanol–water partition coefficient (Wildman–Crippen LogP) is 12.9. The quantitative estimate of drug-likeness (QED) is 0.177. The van der Waals surface area contributed by atoms with Crippen LogP contribution in [0, 0.1) is 0 Å². The van der Waals surface area contributed by atoms with Crippen LogP contribution in [-0.4, -0.2) is 4.98 Å². The highest BCUT2D eigenvalue weighted by Crippen LogP contribution is 2.44. The van der Waals surface area contributed by atoms with Crippen molar-refractivity contribution in [3.63, 3.8) is 0 Å². The minimum absolute atomic E-state index is 0.968. The zero-order valence-electron chi connectivity index (χ0n) is 26.3. The van der Waals surface area contributed by atoms with Crippen LogP contribution in [-0.2, 0) is 0 Å². The molecular weight excluding hydrogens is 579 g/mol. The molecular formula is C47H31N. The van der Waals surface area contributed by atoms with E-state index in [9.17, 15) is 0 Å². The topological polar surface area (TPSA) is 12.9 Å². The Labute approximate surface area is 280 Å². The Morgan fingerprint density at radius 1 is 0.271 bits per heavy atom. The molecule has 1 heteroatoms. The van der Waals surface area contributed by atoms with Crippen LogP contribution in [0.25, 0.3) is 88.2 Å². The Kier molecular flexibility index (Phi) is 6.87. The van der Waals surface area contributed by atoms with E-state index in [1.54, 1.807) is 0 Å². The van der Waals surface area contributed by atoms with E-state index < -0.39 is 0 Å². The third-order valence-electron chi connectivity index (χ3n) is 9.48. The molecule has 0 saturated heterocycles. The average molecular weight is 610 g/mol. The minimum Gasteiger partial charge on any atom is -0.248 e. The number of fused-ring (bicyclic) bond motifs is 3. The molecule has 224 valence electrons. The lowest BCUT2D eigenvalue weighted by atomic mass is 9.85. The number of aromatic nitrogens is 1. The van der Waals surface area contributed by atoms with Crippen molar-refractivity contribution in [3.8, 4) is 55.9 Å². The van der Waals surface area contributed by atoms with E-state index in [0.717, 1.165) is 22.5 Å². The summed E-state index contributed by atoms with van der Waals surface area (Å²) < 4.78 is 0. The number of nitrogens with zero attached hydrogens (tertiary/aromatic N) is 1. The maximum absolute atomic E-state index is 5.12. The van der Waals surface area contributed by atoms with E-state index >= 15 is 0 Å². The molecule has 0 amide bonds. The molecule has 1 nitrogen and oxygen atoms in total. The Balaban J connectivity index is 1.17. The summed E-state index contributed by atoms with van der Waals surface area (Å²) in [5.74, 6) is 0. The Morgan fingerprint density at radius 2 is 0.771 bits per heavy atom. The van der Waals surface area contributed by atoms with Crippen molar-refractivity contribution in [1.82, 2.24) is 4.98 Å². The second-order valence-corrected chi connectivity index (χ2v) is 12.3. The van der Waals surface area contributed by atoms with E-state index in [1.165, 1.54) is 65.7 Å². The molecule has 0 radical (unpaired) electrons. The molecule has 1 heterocycles. The van der Waals surface area contributed by atoms with Gasteiger partial charge >= 0.3 is 0 Å². The van der Waals surface area contributed by atoms with Crippen LogP contribution in [0.5, 0.6) is 0 Å².